The van der Waals surface area contributed by atoms with Crippen LogP contribution in [0.3, 0.4) is 0 Å². The normalized spacial score (nSPS) is 17.4. The SMILES string of the molecule is COc1cc(OC)c(F)c(C2CCN(c3cccnn3)C2)c1F. The van der Waals surface area contributed by atoms with E-state index in [1.807, 2.05) is 11.0 Å². The first-order chi connectivity index (χ1) is 11.2. The van der Waals surface area contributed by atoms with Crippen LogP contribution in [-0.4, -0.2) is 37.5 Å². The first-order valence-electron chi connectivity index (χ1n) is 7.28. The summed E-state index contributed by atoms with van der Waals surface area (Å²) in [4.78, 5) is 1.96. The summed E-state index contributed by atoms with van der Waals surface area (Å²) in [5, 5.41) is 7.88. The summed E-state index contributed by atoms with van der Waals surface area (Å²) in [6, 6.07) is 4.84. The van der Waals surface area contributed by atoms with Crippen LogP contribution >= 0.6 is 0 Å². The van der Waals surface area contributed by atoms with Gasteiger partial charge in [-0.05, 0) is 18.6 Å². The highest BCUT2D eigenvalue weighted by atomic mass is 19.1. The van der Waals surface area contributed by atoms with E-state index in [1.54, 1.807) is 12.3 Å². The average Bonchev–Trinajstić information content (AvgIpc) is 3.06. The van der Waals surface area contributed by atoms with Crippen molar-refractivity contribution >= 4 is 5.82 Å². The van der Waals surface area contributed by atoms with Gasteiger partial charge in [-0.3, -0.25) is 0 Å². The Hall–Kier alpha value is -2.44. The number of ether oxygens (including phenoxy) is 2. The molecule has 2 aromatic rings. The maximum atomic E-state index is 14.6. The van der Waals surface area contributed by atoms with E-state index in [-0.39, 0.29) is 23.0 Å². The van der Waals surface area contributed by atoms with E-state index in [2.05, 4.69) is 10.2 Å². The number of hydrogen-bond acceptors (Lipinski definition) is 5. The summed E-state index contributed by atoms with van der Waals surface area (Å²) in [7, 11) is 2.69. The van der Waals surface area contributed by atoms with Crippen molar-refractivity contribution in [2.75, 3.05) is 32.2 Å². The van der Waals surface area contributed by atoms with Crippen molar-refractivity contribution in [2.45, 2.75) is 12.3 Å². The molecule has 1 aliphatic rings. The minimum atomic E-state index is -0.670. The molecule has 1 aromatic carbocycles. The molecule has 0 spiro atoms. The minimum Gasteiger partial charge on any atom is -0.494 e. The number of nitrogens with zero attached hydrogens (tertiary/aromatic N) is 3. The molecule has 2 heterocycles. The Balaban J connectivity index is 1.93. The minimum absolute atomic E-state index is 0.00703. The Morgan fingerprint density at radius 3 is 2.43 bits per heavy atom. The number of methoxy groups -OCH3 is 2. The van der Waals surface area contributed by atoms with Gasteiger partial charge < -0.3 is 14.4 Å². The molecule has 0 aliphatic carbocycles. The largest absolute Gasteiger partial charge is 0.494 e. The van der Waals surface area contributed by atoms with Gasteiger partial charge in [-0.15, -0.1) is 5.10 Å². The summed E-state index contributed by atoms with van der Waals surface area (Å²) in [5.41, 5.74) is 0.00703. The van der Waals surface area contributed by atoms with Crippen LogP contribution < -0.4 is 14.4 Å². The van der Waals surface area contributed by atoms with Gasteiger partial charge in [0.15, 0.2) is 29.0 Å². The Labute approximate surface area is 132 Å². The first-order valence-corrected chi connectivity index (χ1v) is 7.28. The lowest BCUT2D eigenvalue weighted by Crippen LogP contribution is -2.21. The van der Waals surface area contributed by atoms with Gasteiger partial charge >= 0.3 is 0 Å². The number of benzene rings is 1. The fourth-order valence-corrected chi connectivity index (χ4v) is 2.93. The van der Waals surface area contributed by atoms with Crippen LogP contribution in [-0.2, 0) is 0 Å². The lowest BCUT2D eigenvalue weighted by molar-refractivity contribution is 0.350. The molecule has 122 valence electrons. The lowest BCUT2D eigenvalue weighted by Gasteiger charge is -2.19. The number of aromatic nitrogens is 2. The van der Waals surface area contributed by atoms with Crippen molar-refractivity contribution in [1.82, 2.24) is 10.2 Å². The topological polar surface area (TPSA) is 47.5 Å². The van der Waals surface area contributed by atoms with Crippen LogP contribution in [0.1, 0.15) is 17.9 Å². The molecule has 1 aliphatic heterocycles. The van der Waals surface area contributed by atoms with Gasteiger partial charge in [0.2, 0.25) is 0 Å². The summed E-state index contributed by atoms with van der Waals surface area (Å²) in [5.74, 6) is -0.979. The molecule has 0 bridgehead atoms. The third-order valence-corrected chi connectivity index (χ3v) is 4.09. The van der Waals surface area contributed by atoms with E-state index >= 15 is 0 Å². The molecule has 3 rings (SSSR count). The zero-order chi connectivity index (χ0) is 16.4. The van der Waals surface area contributed by atoms with Crippen LogP contribution in [0.4, 0.5) is 14.6 Å². The zero-order valence-corrected chi connectivity index (χ0v) is 12.9. The Bertz CT molecular complexity index is 669. The smallest absolute Gasteiger partial charge is 0.171 e. The molecule has 0 amide bonds. The summed E-state index contributed by atoms with van der Waals surface area (Å²) in [6.07, 6.45) is 2.20. The average molecular weight is 321 g/mol. The quantitative estimate of drug-likeness (QED) is 0.866. The van der Waals surface area contributed by atoms with Gasteiger partial charge in [-0.2, -0.15) is 5.10 Å². The van der Waals surface area contributed by atoms with Crippen molar-refractivity contribution in [3.8, 4) is 11.5 Å². The van der Waals surface area contributed by atoms with Crippen LogP contribution in [0.5, 0.6) is 11.5 Å². The van der Waals surface area contributed by atoms with E-state index in [0.29, 0.717) is 25.3 Å². The third-order valence-electron chi connectivity index (χ3n) is 4.09. The number of hydrogen-bond donors (Lipinski definition) is 0. The Morgan fingerprint density at radius 1 is 1.17 bits per heavy atom. The first kappa shape index (κ1) is 15.5. The molecule has 1 atom stereocenters. The van der Waals surface area contributed by atoms with Crippen LogP contribution in [0.2, 0.25) is 0 Å². The van der Waals surface area contributed by atoms with E-state index in [0.717, 1.165) is 0 Å². The van der Waals surface area contributed by atoms with E-state index < -0.39 is 11.6 Å². The molecule has 1 saturated heterocycles. The molecule has 0 radical (unpaired) electrons. The molecule has 23 heavy (non-hydrogen) atoms. The summed E-state index contributed by atoms with van der Waals surface area (Å²) >= 11 is 0. The van der Waals surface area contributed by atoms with Crippen LogP contribution in [0, 0.1) is 11.6 Å². The Kier molecular flexibility index (Phi) is 4.27. The molecule has 0 N–H and O–H groups in total. The summed E-state index contributed by atoms with van der Waals surface area (Å²) < 4.78 is 39.1. The Morgan fingerprint density at radius 2 is 1.87 bits per heavy atom. The molecule has 1 unspecified atom stereocenters. The molecule has 5 nitrogen and oxygen atoms in total. The van der Waals surface area contributed by atoms with E-state index in [4.69, 9.17) is 9.47 Å². The standard InChI is InChI=1S/C16H17F2N3O2/c1-22-11-8-12(23-2)16(18)14(15(11)17)10-5-7-21(9-10)13-4-3-6-19-20-13/h3-4,6,8,10H,5,7,9H2,1-2H3. The second-order valence-corrected chi connectivity index (χ2v) is 5.34. The molecule has 1 aromatic heterocycles. The van der Waals surface area contributed by atoms with Gasteiger partial charge in [0.05, 0.1) is 14.2 Å². The van der Waals surface area contributed by atoms with Crippen molar-refractivity contribution in [3.05, 3.63) is 41.6 Å². The predicted octanol–water partition coefficient (Wildman–Crippen LogP) is 2.77. The maximum Gasteiger partial charge on any atom is 0.171 e. The van der Waals surface area contributed by atoms with Crippen molar-refractivity contribution < 1.29 is 18.3 Å². The number of anilines is 1. The third kappa shape index (κ3) is 2.78. The number of rotatable bonds is 4. The van der Waals surface area contributed by atoms with Crippen LogP contribution in [0.25, 0.3) is 0 Å². The van der Waals surface area contributed by atoms with E-state index in [1.165, 1.54) is 20.3 Å². The highest BCUT2D eigenvalue weighted by Gasteiger charge is 2.32. The predicted molar refractivity (Wildman–Crippen MR) is 81.1 cm³/mol. The lowest BCUT2D eigenvalue weighted by atomic mass is 9.96. The second kappa shape index (κ2) is 6.36. The molecule has 1 fully saturated rings. The van der Waals surface area contributed by atoms with Crippen molar-refractivity contribution in [2.24, 2.45) is 0 Å². The molecular formula is C16H17F2N3O2. The molecule has 0 saturated carbocycles. The highest BCUT2D eigenvalue weighted by molar-refractivity contribution is 5.46. The fourth-order valence-electron chi connectivity index (χ4n) is 2.93. The highest BCUT2D eigenvalue weighted by Crippen LogP contribution is 2.39. The van der Waals surface area contributed by atoms with Crippen LogP contribution in [0.15, 0.2) is 24.4 Å². The monoisotopic (exact) mass is 321 g/mol. The van der Waals surface area contributed by atoms with Gasteiger partial charge in [0.1, 0.15) is 0 Å². The van der Waals surface area contributed by atoms with Gasteiger partial charge in [0, 0.05) is 36.8 Å². The van der Waals surface area contributed by atoms with Crippen molar-refractivity contribution in [3.63, 3.8) is 0 Å². The summed E-state index contributed by atoms with van der Waals surface area (Å²) in [6.45, 7) is 1.12. The molecule has 7 heteroatoms. The number of halogens is 2. The van der Waals surface area contributed by atoms with Crippen molar-refractivity contribution in [1.29, 1.82) is 0 Å². The van der Waals surface area contributed by atoms with Gasteiger partial charge in [-0.25, -0.2) is 8.78 Å². The fraction of sp³-hybridized carbons (Fsp3) is 0.375. The maximum absolute atomic E-state index is 14.6. The molecular weight excluding hydrogens is 304 g/mol. The second-order valence-electron chi connectivity index (χ2n) is 5.34. The van der Waals surface area contributed by atoms with Gasteiger partial charge in [-0.1, -0.05) is 0 Å². The van der Waals surface area contributed by atoms with E-state index in [9.17, 15) is 8.78 Å². The zero-order valence-electron chi connectivity index (χ0n) is 12.9. The van der Waals surface area contributed by atoms with Gasteiger partial charge in [0.25, 0.3) is 0 Å².